The SMILES string of the molecule is CCOCCCN(CC(=O)N(CCOC)Cc1cccn1C)C(=O)c1ccc(OC)cc1OC. The lowest BCUT2D eigenvalue weighted by molar-refractivity contribution is -0.133. The molecule has 188 valence electrons. The van der Waals surface area contributed by atoms with E-state index in [1.165, 1.54) is 7.11 Å². The second kappa shape index (κ2) is 14.3. The summed E-state index contributed by atoms with van der Waals surface area (Å²) in [6, 6.07) is 8.94. The van der Waals surface area contributed by atoms with Crippen LogP contribution in [0.15, 0.2) is 36.5 Å². The Kier molecular flexibility index (Phi) is 11.4. The minimum Gasteiger partial charge on any atom is -0.497 e. The lowest BCUT2D eigenvalue weighted by atomic mass is 10.1. The molecule has 0 saturated carbocycles. The fraction of sp³-hybridized carbons (Fsp3) is 0.520. The monoisotopic (exact) mass is 475 g/mol. The van der Waals surface area contributed by atoms with Crippen LogP contribution in [0.25, 0.3) is 0 Å². The van der Waals surface area contributed by atoms with Gasteiger partial charge in [-0.3, -0.25) is 9.59 Å². The van der Waals surface area contributed by atoms with E-state index in [0.29, 0.717) is 62.9 Å². The second-order valence-electron chi connectivity index (χ2n) is 7.76. The highest BCUT2D eigenvalue weighted by molar-refractivity contribution is 5.99. The zero-order valence-electron chi connectivity index (χ0n) is 20.9. The van der Waals surface area contributed by atoms with Gasteiger partial charge < -0.3 is 33.3 Å². The third kappa shape index (κ3) is 7.78. The number of nitrogens with zero attached hydrogens (tertiary/aromatic N) is 3. The van der Waals surface area contributed by atoms with Gasteiger partial charge in [-0.2, -0.15) is 0 Å². The Morgan fingerprint density at radius 2 is 1.79 bits per heavy atom. The van der Waals surface area contributed by atoms with Gasteiger partial charge in [0.15, 0.2) is 0 Å². The van der Waals surface area contributed by atoms with Crippen molar-refractivity contribution in [3.63, 3.8) is 0 Å². The molecule has 2 amide bonds. The topological polar surface area (TPSA) is 82.5 Å². The van der Waals surface area contributed by atoms with Gasteiger partial charge in [0.1, 0.15) is 18.0 Å². The first-order valence-corrected chi connectivity index (χ1v) is 11.4. The predicted molar refractivity (Wildman–Crippen MR) is 129 cm³/mol. The molecule has 0 bridgehead atoms. The average molecular weight is 476 g/mol. The Balaban J connectivity index is 2.24. The van der Waals surface area contributed by atoms with E-state index in [2.05, 4.69) is 0 Å². The van der Waals surface area contributed by atoms with Gasteiger partial charge in [-0.1, -0.05) is 0 Å². The van der Waals surface area contributed by atoms with Crippen LogP contribution in [-0.4, -0.2) is 87.0 Å². The van der Waals surface area contributed by atoms with E-state index >= 15 is 0 Å². The number of benzene rings is 1. The number of methoxy groups -OCH3 is 3. The van der Waals surface area contributed by atoms with E-state index in [9.17, 15) is 9.59 Å². The summed E-state index contributed by atoms with van der Waals surface area (Å²) in [5.74, 6) is 0.540. The van der Waals surface area contributed by atoms with Crippen LogP contribution in [0.2, 0.25) is 0 Å². The Bertz CT molecular complexity index is 914. The maximum Gasteiger partial charge on any atom is 0.258 e. The van der Waals surface area contributed by atoms with Crippen LogP contribution >= 0.6 is 0 Å². The number of ether oxygens (including phenoxy) is 4. The molecule has 9 heteroatoms. The number of amides is 2. The smallest absolute Gasteiger partial charge is 0.258 e. The van der Waals surface area contributed by atoms with E-state index in [0.717, 1.165) is 5.69 Å². The zero-order chi connectivity index (χ0) is 24.9. The van der Waals surface area contributed by atoms with Gasteiger partial charge in [0, 0.05) is 58.4 Å². The van der Waals surface area contributed by atoms with E-state index < -0.39 is 0 Å². The minimum atomic E-state index is -0.282. The van der Waals surface area contributed by atoms with Crippen molar-refractivity contribution >= 4 is 11.8 Å². The summed E-state index contributed by atoms with van der Waals surface area (Å²) in [4.78, 5) is 30.1. The first-order valence-electron chi connectivity index (χ1n) is 11.4. The van der Waals surface area contributed by atoms with Crippen LogP contribution in [-0.2, 0) is 27.9 Å². The van der Waals surface area contributed by atoms with Gasteiger partial charge in [-0.05, 0) is 37.6 Å². The van der Waals surface area contributed by atoms with Crippen LogP contribution < -0.4 is 9.47 Å². The molecule has 0 unspecified atom stereocenters. The molecule has 0 aliphatic heterocycles. The van der Waals surface area contributed by atoms with Gasteiger partial charge in [0.05, 0.1) is 32.9 Å². The number of hydrogen-bond donors (Lipinski definition) is 0. The van der Waals surface area contributed by atoms with Crippen molar-refractivity contribution in [3.8, 4) is 11.5 Å². The number of carbonyl (C=O) groups is 2. The summed E-state index contributed by atoms with van der Waals surface area (Å²) < 4.78 is 23.3. The van der Waals surface area contributed by atoms with Gasteiger partial charge in [-0.15, -0.1) is 0 Å². The molecule has 0 fully saturated rings. The second-order valence-corrected chi connectivity index (χ2v) is 7.76. The molecule has 1 aromatic carbocycles. The fourth-order valence-corrected chi connectivity index (χ4v) is 3.51. The van der Waals surface area contributed by atoms with E-state index in [4.69, 9.17) is 18.9 Å². The number of rotatable bonds is 15. The largest absolute Gasteiger partial charge is 0.497 e. The molecule has 0 saturated heterocycles. The van der Waals surface area contributed by atoms with Gasteiger partial charge in [-0.25, -0.2) is 0 Å². The third-order valence-corrected chi connectivity index (χ3v) is 5.50. The zero-order valence-corrected chi connectivity index (χ0v) is 20.9. The molecule has 0 N–H and O–H groups in total. The predicted octanol–water partition coefficient (Wildman–Crippen LogP) is 2.59. The molecule has 1 heterocycles. The Morgan fingerprint density at radius 3 is 2.41 bits per heavy atom. The van der Waals surface area contributed by atoms with Crippen molar-refractivity contribution in [3.05, 3.63) is 47.8 Å². The Hall–Kier alpha value is -3.04. The number of hydrogen-bond acceptors (Lipinski definition) is 6. The lowest BCUT2D eigenvalue weighted by Gasteiger charge is -2.28. The maximum atomic E-state index is 13.5. The first kappa shape index (κ1) is 27.2. The summed E-state index contributed by atoms with van der Waals surface area (Å²) >= 11 is 0. The van der Waals surface area contributed by atoms with Crippen LogP contribution in [0.4, 0.5) is 0 Å². The fourth-order valence-electron chi connectivity index (χ4n) is 3.51. The summed E-state index contributed by atoms with van der Waals surface area (Å²) in [5.41, 5.74) is 1.37. The van der Waals surface area contributed by atoms with Crippen molar-refractivity contribution in [2.45, 2.75) is 19.9 Å². The van der Waals surface area contributed by atoms with Gasteiger partial charge >= 0.3 is 0 Å². The molecule has 34 heavy (non-hydrogen) atoms. The van der Waals surface area contributed by atoms with Crippen LogP contribution in [0, 0.1) is 0 Å². The van der Waals surface area contributed by atoms with E-state index in [1.54, 1.807) is 42.2 Å². The van der Waals surface area contributed by atoms with Gasteiger partial charge in [0.2, 0.25) is 5.91 Å². The highest BCUT2D eigenvalue weighted by Gasteiger charge is 2.25. The summed E-state index contributed by atoms with van der Waals surface area (Å²) in [6.07, 6.45) is 2.55. The molecule has 0 atom stereocenters. The molecule has 0 radical (unpaired) electrons. The van der Waals surface area contributed by atoms with Crippen molar-refractivity contribution < 1.29 is 28.5 Å². The molecular formula is C25H37N3O6. The average Bonchev–Trinajstić information content (AvgIpc) is 3.26. The molecule has 9 nitrogen and oxygen atoms in total. The molecule has 0 aliphatic rings. The third-order valence-electron chi connectivity index (χ3n) is 5.50. The molecule has 1 aromatic heterocycles. The minimum absolute atomic E-state index is 0.0612. The Morgan fingerprint density at radius 1 is 1.00 bits per heavy atom. The molecule has 2 aromatic rings. The molecule has 0 spiro atoms. The molecule has 0 aliphatic carbocycles. The normalized spacial score (nSPS) is 10.7. The van der Waals surface area contributed by atoms with Crippen molar-refractivity contribution in [2.75, 3.05) is 60.8 Å². The van der Waals surface area contributed by atoms with Gasteiger partial charge in [0.25, 0.3) is 5.91 Å². The number of aromatic nitrogens is 1. The van der Waals surface area contributed by atoms with Crippen molar-refractivity contribution in [2.24, 2.45) is 7.05 Å². The van der Waals surface area contributed by atoms with E-state index in [-0.39, 0.29) is 18.4 Å². The Labute approximate surface area is 202 Å². The van der Waals surface area contributed by atoms with Crippen LogP contribution in [0.5, 0.6) is 11.5 Å². The summed E-state index contributed by atoms with van der Waals surface area (Å²) in [7, 11) is 6.59. The number of carbonyl (C=O) groups excluding carboxylic acids is 2. The standard InChI is InChI=1S/C25H37N3O6/c1-6-34-15-8-13-28(25(30)22-11-10-21(32-4)17-23(22)33-5)19-24(29)27(14-16-31-3)18-20-9-7-12-26(20)2/h7,9-12,17H,6,8,13-16,18-19H2,1-5H3. The quantitative estimate of drug-likeness (QED) is 0.368. The highest BCUT2D eigenvalue weighted by atomic mass is 16.5. The van der Waals surface area contributed by atoms with Crippen molar-refractivity contribution in [1.29, 1.82) is 0 Å². The van der Waals surface area contributed by atoms with E-state index in [1.807, 2.05) is 36.9 Å². The first-order chi connectivity index (χ1) is 16.4. The molecule has 2 rings (SSSR count). The maximum absolute atomic E-state index is 13.5. The highest BCUT2D eigenvalue weighted by Crippen LogP contribution is 2.26. The lowest BCUT2D eigenvalue weighted by Crippen LogP contribution is -2.44. The van der Waals surface area contributed by atoms with Crippen LogP contribution in [0.3, 0.4) is 0 Å². The van der Waals surface area contributed by atoms with Crippen molar-refractivity contribution in [1.82, 2.24) is 14.4 Å². The van der Waals surface area contributed by atoms with Crippen LogP contribution in [0.1, 0.15) is 29.4 Å². The summed E-state index contributed by atoms with van der Waals surface area (Å²) in [6.45, 7) is 4.60. The summed E-state index contributed by atoms with van der Waals surface area (Å²) in [5, 5.41) is 0. The molecular weight excluding hydrogens is 438 g/mol. The number of aryl methyl sites for hydroxylation is 1.